The van der Waals surface area contributed by atoms with Crippen molar-refractivity contribution in [1.82, 2.24) is 0 Å². The molecule has 0 aliphatic heterocycles. The molecule has 1 rings (SSSR count). The summed E-state index contributed by atoms with van der Waals surface area (Å²) in [6.45, 7) is 0. The van der Waals surface area contributed by atoms with Crippen LogP contribution in [0, 0.1) is 11.7 Å². The number of hydrogen-bond donors (Lipinski definition) is 3. The van der Waals surface area contributed by atoms with Crippen molar-refractivity contribution >= 4 is 11.9 Å². The Morgan fingerprint density at radius 1 is 1.18 bits per heavy atom. The van der Waals surface area contributed by atoms with Crippen LogP contribution in [0.25, 0.3) is 0 Å². The Labute approximate surface area is 122 Å². The second kappa shape index (κ2) is 6.73. The van der Waals surface area contributed by atoms with Crippen molar-refractivity contribution in [2.24, 2.45) is 11.7 Å². The summed E-state index contributed by atoms with van der Waals surface area (Å²) in [4.78, 5) is 21.7. The van der Waals surface area contributed by atoms with E-state index in [4.69, 9.17) is 15.9 Å². The highest BCUT2D eigenvalue weighted by Crippen LogP contribution is 2.31. The number of nitrogens with two attached hydrogens (primary N) is 1. The Bertz CT molecular complexity index is 574. The molecule has 0 aromatic heterocycles. The summed E-state index contributed by atoms with van der Waals surface area (Å²) in [5.74, 6) is -5.32. The number of rotatable bonds is 6. The summed E-state index contributed by atoms with van der Waals surface area (Å²) in [6, 6.07) is 0.138. The van der Waals surface area contributed by atoms with Crippen molar-refractivity contribution in [3.8, 4) is 0 Å². The summed E-state index contributed by atoms with van der Waals surface area (Å²) in [6.07, 6.45) is -5.81. The molecule has 0 fully saturated rings. The highest BCUT2D eigenvalue weighted by molar-refractivity contribution is 5.76. The Kier molecular flexibility index (Phi) is 5.48. The molecule has 0 unspecified atom stereocenters. The molecule has 1 aromatic carbocycles. The molecular formula is C13H13F4NO4. The highest BCUT2D eigenvalue weighted by Gasteiger charge is 2.32. The summed E-state index contributed by atoms with van der Waals surface area (Å²) in [7, 11) is 0. The Morgan fingerprint density at radius 3 is 2.23 bits per heavy atom. The van der Waals surface area contributed by atoms with E-state index in [1.807, 2.05) is 0 Å². The van der Waals surface area contributed by atoms with E-state index in [1.54, 1.807) is 0 Å². The van der Waals surface area contributed by atoms with E-state index in [9.17, 15) is 27.2 Å². The lowest BCUT2D eigenvalue weighted by Gasteiger charge is -2.16. The van der Waals surface area contributed by atoms with Crippen LogP contribution in [0.15, 0.2) is 18.2 Å². The van der Waals surface area contributed by atoms with Gasteiger partial charge < -0.3 is 15.9 Å². The molecule has 0 radical (unpaired) electrons. The molecule has 0 bridgehead atoms. The molecule has 22 heavy (non-hydrogen) atoms. The molecule has 9 heteroatoms. The van der Waals surface area contributed by atoms with Gasteiger partial charge in [0.2, 0.25) is 0 Å². The van der Waals surface area contributed by atoms with Gasteiger partial charge in [0.15, 0.2) is 0 Å². The molecule has 0 saturated heterocycles. The second-order valence-corrected chi connectivity index (χ2v) is 4.72. The van der Waals surface area contributed by atoms with Crippen LogP contribution in [0.1, 0.15) is 17.5 Å². The fraction of sp³-hybridized carbons (Fsp3) is 0.385. The molecule has 5 nitrogen and oxygen atoms in total. The van der Waals surface area contributed by atoms with Crippen LogP contribution in [-0.4, -0.2) is 28.2 Å². The van der Waals surface area contributed by atoms with Gasteiger partial charge in [0, 0.05) is 0 Å². The van der Waals surface area contributed by atoms with E-state index >= 15 is 0 Å². The molecular weight excluding hydrogens is 309 g/mol. The summed E-state index contributed by atoms with van der Waals surface area (Å²) in [5.41, 5.74) is 3.64. The van der Waals surface area contributed by atoms with Crippen LogP contribution >= 0.6 is 0 Å². The monoisotopic (exact) mass is 322 g/mol. The largest absolute Gasteiger partial charge is 0.481 e. The van der Waals surface area contributed by atoms with Gasteiger partial charge in [-0.25, -0.2) is 4.39 Å². The number of halogens is 4. The van der Waals surface area contributed by atoms with Crippen molar-refractivity contribution in [1.29, 1.82) is 0 Å². The van der Waals surface area contributed by atoms with Crippen molar-refractivity contribution < 1.29 is 37.4 Å². The van der Waals surface area contributed by atoms with Gasteiger partial charge in [-0.3, -0.25) is 9.59 Å². The predicted molar refractivity (Wildman–Crippen MR) is 66.5 cm³/mol. The predicted octanol–water partition coefficient (Wildman–Crippen LogP) is 1.89. The van der Waals surface area contributed by atoms with Gasteiger partial charge in [-0.05, 0) is 36.6 Å². The average Bonchev–Trinajstić information content (AvgIpc) is 2.38. The number of carbonyl (C=O) groups is 2. The van der Waals surface area contributed by atoms with E-state index in [2.05, 4.69) is 0 Å². The molecule has 0 amide bonds. The topological polar surface area (TPSA) is 101 Å². The smallest absolute Gasteiger partial charge is 0.416 e. The Morgan fingerprint density at radius 2 is 1.77 bits per heavy atom. The first-order valence-electron chi connectivity index (χ1n) is 6.09. The van der Waals surface area contributed by atoms with E-state index in [0.717, 1.165) is 0 Å². The minimum atomic E-state index is -4.70. The maximum absolute atomic E-state index is 13.6. The SMILES string of the molecule is N[C@@H](C[C@H](Cc1cc(C(F)(F)F)ccc1[18F])C(=O)O)C(=O)O. The van der Waals surface area contributed by atoms with Crippen LogP contribution in [0.2, 0.25) is 0 Å². The first-order chi connectivity index (χ1) is 10.0. The average molecular weight is 322 g/mol. The van der Waals surface area contributed by atoms with E-state index in [0.29, 0.717) is 18.2 Å². The minimum absolute atomic E-state index is 0.459. The maximum Gasteiger partial charge on any atom is 0.416 e. The molecule has 0 spiro atoms. The summed E-state index contributed by atoms with van der Waals surface area (Å²) >= 11 is 0. The number of benzene rings is 1. The Balaban J connectivity index is 3.03. The fourth-order valence-electron chi connectivity index (χ4n) is 1.85. The zero-order valence-electron chi connectivity index (χ0n) is 11.1. The van der Waals surface area contributed by atoms with Gasteiger partial charge in [0.05, 0.1) is 11.5 Å². The molecule has 4 N–H and O–H groups in total. The molecule has 0 aliphatic carbocycles. The van der Waals surface area contributed by atoms with Crippen LogP contribution in [0.4, 0.5) is 17.6 Å². The van der Waals surface area contributed by atoms with Gasteiger partial charge in [0.25, 0.3) is 0 Å². The number of hydrogen-bond acceptors (Lipinski definition) is 3. The summed E-state index contributed by atoms with van der Waals surface area (Å²) in [5, 5.41) is 17.6. The van der Waals surface area contributed by atoms with Crippen LogP contribution in [0.5, 0.6) is 0 Å². The van der Waals surface area contributed by atoms with Crippen molar-refractivity contribution in [2.75, 3.05) is 0 Å². The van der Waals surface area contributed by atoms with Crippen molar-refractivity contribution in [3.05, 3.63) is 35.1 Å². The molecule has 0 saturated carbocycles. The Hall–Kier alpha value is -2.16. The molecule has 0 heterocycles. The van der Waals surface area contributed by atoms with Gasteiger partial charge >= 0.3 is 18.1 Å². The second-order valence-electron chi connectivity index (χ2n) is 4.72. The quantitative estimate of drug-likeness (QED) is 0.694. The number of carboxylic acids is 2. The molecule has 0 aliphatic rings. The highest BCUT2D eigenvalue weighted by atomic mass is 19.4. The van der Waals surface area contributed by atoms with E-state index in [1.165, 1.54) is 0 Å². The van der Waals surface area contributed by atoms with E-state index < -0.39 is 59.9 Å². The third kappa shape index (κ3) is 4.69. The van der Waals surface area contributed by atoms with Gasteiger partial charge in [-0.2, -0.15) is 13.2 Å². The first-order valence-corrected chi connectivity index (χ1v) is 6.09. The zero-order chi connectivity index (χ0) is 17.1. The normalized spacial score (nSPS) is 14.4. The van der Waals surface area contributed by atoms with E-state index in [-0.39, 0.29) is 0 Å². The minimum Gasteiger partial charge on any atom is -0.481 e. The first kappa shape index (κ1) is 17.9. The number of alkyl halides is 3. The standard InChI is InChI=1S/C13H13F4NO4/c14-9-2-1-8(13(15,16)17)4-6(9)3-7(11(19)20)5-10(18)12(21)22/h1-2,4,7,10H,3,5,18H2,(H,19,20)(H,21,22)/t7-,10-/m0/s1/i14-1. The molecule has 122 valence electrons. The number of aliphatic carboxylic acids is 2. The van der Waals surface area contributed by atoms with Gasteiger partial charge in [-0.15, -0.1) is 0 Å². The van der Waals surface area contributed by atoms with Crippen molar-refractivity contribution in [2.45, 2.75) is 25.1 Å². The van der Waals surface area contributed by atoms with Gasteiger partial charge in [0.1, 0.15) is 11.9 Å². The van der Waals surface area contributed by atoms with Crippen LogP contribution < -0.4 is 5.73 Å². The number of carboxylic acid groups (broad SMARTS) is 2. The lowest BCUT2D eigenvalue weighted by atomic mass is 9.92. The zero-order valence-corrected chi connectivity index (χ0v) is 11.1. The third-order valence-electron chi connectivity index (χ3n) is 3.04. The van der Waals surface area contributed by atoms with Crippen LogP contribution in [0.3, 0.4) is 0 Å². The fourth-order valence-corrected chi connectivity index (χ4v) is 1.85. The van der Waals surface area contributed by atoms with Gasteiger partial charge in [-0.1, -0.05) is 0 Å². The lowest BCUT2D eigenvalue weighted by molar-refractivity contribution is -0.143. The molecule has 1 aromatic rings. The maximum atomic E-state index is 13.6. The third-order valence-corrected chi connectivity index (χ3v) is 3.04. The van der Waals surface area contributed by atoms with Crippen LogP contribution in [-0.2, 0) is 22.2 Å². The van der Waals surface area contributed by atoms with Crippen molar-refractivity contribution in [3.63, 3.8) is 0 Å². The molecule has 2 atom stereocenters. The summed E-state index contributed by atoms with van der Waals surface area (Å²) < 4.78 is 51.3. The lowest BCUT2D eigenvalue weighted by Crippen LogP contribution is -2.35.